The third-order valence-electron chi connectivity index (χ3n) is 3.19. The van der Waals surface area contributed by atoms with Gasteiger partial charge in [-0.25, -0.2) is 4.39 Å². The molecule has 0 fully saturated rings. The van der Waals surface area contributed by atoms with E-state index in [1.165, 1.54) is 12.1 Å². The molecule has 0 amide bonds. The molecule has 0 saturated heterocycles. The summed E-state index contributed by atoms with van der Waals surface area (Å²) in [6.45, 7) is 1.10. The molecule has 1 aromatic heterocycles. The molecule has 1 unspecified atom stereocenters. The molecule has 0 saturated carbocycles. The van der Waals surface area contributed by atoms with Crippen molar-refractivity contribution in [3.8, 4) is 0 Å². The zero-order valence-corrected chi connectivity index (χ0v) is 12.0. The van der Waals surface area contributed by atoms with Crippen LogP contribution < -0.4 is 5.32 Å². The minimum Gasteiger partial charge on any atom is -0.394 e. The highest BCUT2D eigenvalue weighted by Crippen LogP contribution is 2.22. The summed E-state index contributed by atoms with van der Waals surface area (Å²) in [6.07, 6.45) is 4.30. The van der Waals surface area contributed by atoms with Crippen LogP contribution in [0.5, 0.6) is 0 Å². The van der Waals surface area contributed by atoms with Crippen LogP contribution in [0.2, 0.25) is 0 Å². The predicted octanol–water partition coefficient (Wildman–Crippen LogP) is 2.20. The normalized spacial score (nSPS) is 12.3. The van der Waals surface area contributed by atoms with Crippen LogP contribution >= 0.6 is 0 Å². The molecule has 1 heterocycles. The van der Waals surface area contributed by atoms with Crippen LogP contribution in [0, 0.1) is 5.82 Å². The molecule has 1 atom stereocenters. The van der Waals surface area contributed by atoms with Gasteiger partial charge < -0.3 is 15.2 Å². The Labute approximate surface area is 123 Å². The van der Waals surface area contributed by atoms with Crippen LogP contribution in [-0.2, 0) is 11.3 Å². The lowest BCUT2D eigenvalue weighted by atomic mass is 10.0. The average Bonchev–Trinajstić information content (AvgIpc) is 2.92. The maximum absolute atomic E-state index is 13.0. The van der Waals surface area contributed by atoms with E-state index in [0.717, 1.165) is 17.7 Å². The van der Waals surface area contributed by atoms with Crippen LogP contribution in [0.4, 0.5) is 10.1 Å². The van der Waals surface area contributed by atoms with Crippen LogP contribution in [-0.4, -0.2) is 35.2 Å². The van der Waals surface area contributed by atoms with Gasteiger partial charge in [0, 0.05) is 19.9 Å². The Morgan fingerprint density at radius 3 is 2.81 bits per heavy atom. The van der Waals surface area contributed by atoms with Crippen LogP contribution in [0.3, 0.4) is 0 Å². The molecule has 2 N–H and O–H groups in total. The van der Waals surface area contributed by atoms with Gasteiger partial charge in [0.2, 0.25) is 0 Å². The molecule has 114 valence electrons. The lowest BCUT2D eigenvalue weighted by molar-refractivity contribution is 0.190. The Hall–Kier alpha value is -1.92. The molecule has 0 bridgehead atoms. The second-order valence-corrected chi connectivity index (χ2v) is 4.75. The third kappa shape index (κ3) is 4.54. The number of hydrogen-bond acceptors (Lipinski definition) is 4. The maximum atomic E-state index is 13.0. The van der Waals surface area contributed by atoms with Crippen molar-refractivity contribution in [2.75, 3.05) is 25.6 Å². The Kier molecular flexibility index (Phi) is 5.71. The van der Waals surface area contributed by atoms with E-state index in [0.29, 0.717) is 13.2 Å². The van der Waals surface area contributed by atoms with E-state index >= 15 is 0 Å². The Morgan fingerprint density at radius 1 is 1.38 bits per heavy atom. The van der Waals surface area contributed by atoms with E-state index in [4.69, 9.17) is 9.84 Å². The van der Waals surface area contributed by atoms with Gasteiger partial charge in [-0.3, -0.25) is 4.68 Å². The summed E-state index contributed by atoms with van der Waals surface area (Å²) in [4.78, 5) is 0. The second kappa shape index (κ2) is 7.75. The topological polar surface area (TPSA) is 59.3 Å². The lowest BCUT2D eigenvalue weighted by Gasteiger charge is -2.19. The number of hydrogen-bond donors (Lipinski definition) is 2. The highest BCUT2D eigenvalue weighted by Gasteiger charge is 2.12. The maximum Gasteiger partial charge on any atom is 0.123 e. The van der Waals surface area contributed by atoms with Gasteiger partial charge in [0.25, 0.3) is 0 Å². The van der Waals surface area contributed by atoms with Gasteiger partial charge in [0.15, 0.2) is 0 Å². The van der Waals surface area contributed by atoms with Gasteiger partial charge in [-0.15, -0.1) is 0 Å². The number of nitrogens with zero attached hydrogens (tertiary/aromatic N) is 2. The number of methoxy groups -OCH3 is 1. The first-order valence-electron chi connectivity index (χ1n) is 6.87. The fourth-order valence-corrected chi connectivity index (χ4v) is 2.12. The molecule has 0 aliphatic rings. The van der Waals surface area contributed by atoms with Gasteiger partial charge in [0.05, 0.1) is 31.1 Å². The summed E-state index contributed by atoms with van der Waals surface area (Å²) in [5.41, 5.74) is 1.84. The van der Waals surface area contributed by atoms with Crippen LogP contribution in [0.25, 0.3) is 0 Å². The zero-order chi connectivity index (χ0) is 15.1. The number of ether oxygens (including phenoxy) is 1. The number of anilines is 1. The summed E-state index contributed by atoms with van der Waals surface area (Å²) in [5.74, 6) is -0.250. The molecular formula is C15H20FN3O2. The summed E-state index contributed by atoms with van der Waals surface area (Å²) in [7, 11) is 1.65. The molecule has 6 heteroatoms. The van der Waals surface area contributed by atoms with E-state index in [1.807, 2.05) is 6.20 Å². The van der Waals surface area contributed by atoms with Crippen molar-refractivity contribution in [2.24, 2.45) is 0 Å². The fraction of sp³-hybridized carbons (Fsp3) is 0.400. The standard InChI is InChI=1S/C15H20FN3O2/c1-21-9-6-15(12-2-4-13(16)5-3-12)18-14-10-17-19(11-14)7-8-20/h2-5,10-11,15,18,20H,6-9H2,1H3. The third-order valence-corrected chi connectivity index (χ3v) is 3.19. The number of benzene rings is 1. The molecule has 2 aromatic rings. The molecule has 21 heavy (non-hydrogen) atoms. The number of aromatic nitrogens is 2. The minimum absolute atomic E-state index is 0.0114. The largest absolute Gasteiger partial charge is 0.394 e. The number of rotatable bonds is 8. The fourth-order valence-electron chi connectivity index (χ4n) is 2.12. The van der Waals surface area contributed by atoms with Gasteiger partial charge >= 0.3 is 0 Å². The monoisotopic (exact) mass is 293 g/mol. The highest BCUT2D eigenvalue weighted by atomic mass is 19.1. The van der Waals surface area contributed by atoms with E-state index in [-0.39, 0.29) is 18.5 Å². The van der Waals surface area contributed by atoms with Crippen molar-refractivity contribution in [3.63, 3.8) is 0 Å². The molecule has 0 spiro atoms. The van der Waals surface area contributed by atoms with Crippen molar-refractivity contribution in [2.45, 2.75) is 19.0 Å². The van der Waals surface area contributed by atoms with Gasteiger partial charge in [0.1, 0.15) is 5.82 Å². The van der Waals surface area contributed by atoms with Gasteiger partial charge in [-0.1, -0.05) is 12.1 Å². The first kappa shape index (κ1) is 15.5. The second-order valence-electron chi connectivity index (χ2n) is 4.75. The summed E-state index contributed by atoms with van der Waals surface area (Å²) >= 11 is 0. The number of aliphatic hydroxyl groups excluding tert-OH is 1. The highest BCUT2D eigenvalue weighted by molar-refractivity contribution is 5.41. The Balaban J connectivity index is 2.09. The van der Waals surface area contributed by atoms with E-state index in [9.17, 15) is 4.39 Å². The van der Waals surface area contributed by atoms with E-state index in [1.54, 1.807) is 30.1 Å². The van der Waals surface area contributed by atoms with E-state index in [2.05, 4.69) is 10.4 Å². The van der Waals surface area contributed by atoms with Crippen LogP contribution in [0.1, 0.15) is 18.0 Å². The molecular weight excluding hydrogens is 273 g/mol. The van der Waals surface area contributed by atoms with Crippen molar-refractivity contribution in [1.29, 1.82) is 0 Å². The molecule has 1 aromatic carbocycles. The van der Waals surface area contributed by atoms with Gasteiger partial charge in [-0.05, 0) is 24.1 Å². The van der Waals surface area contributed by atoms with Crippen molar-refractivity contribution in [3.05, 3.63) is 48.0 Å². The molecule has 2 rings (SSSR count). The summed E-state index contributed by atoms with van der Waals surface area (Å²) in [5, 5.41) is 16.4. The summed E-state index contributed by atoms with van der Waals surface area (Å²) in [6, 6.07) is 6.44. The first-order chi connectivity index (χ1) is 10.2. The van der Waals surface area contributed by atoms with Gasteiger partial charge in [-0.2, -0.15) is 5.10 Å². The number of nitrogens with one attached hydrogen (secondary N) is 1. The molecule has 5 nitrogen and oxygen atoms in total. The van der Waals surface area contributed by atoms with Crippen molar-refractivity contribution < 1.29 is 14.2 Å². The zero-order valence-electron chi connectivity index (χ0n) is 12.0. The first-order valence-corrected chi connectivity index (χ1v) is 6.87. The number of aliphatic hydroxyl groups is 1. The quantitative estimate of drug-likeness (QED) is 0.783. The lowest BCUT2D eigenvalue weighted by Crippen LogP contribution is -2.13. The van der Waals surface area contributed by atoms with Crippen molar-refractivity contribution >= 4 is 5.69 Å². The predicted molar refractivity (Wildman–Crippen MR) is 78.6 cm³/mol. The molecule has 0 radical (unpaired) electrons. The van der Waals surface area contributed by atoms with E-state index < -0.39 is 0 Å². The van der Waals surface area contributed by atoms with Crippen molar-refractivity contribution in [1.82, 2.24) is 9.78 Å². The Bertz CT molecular complexity index is 542. The smallest absolute Gasteiger partial charge is 0.123 e. The molecule has 0 aliphatic carbocycles. The summed E-state index contributed by atoms with van der Waals surface area (Å²) < 4.78 is 19.8. The van der Waals surface area contributed by atoms with Crippen LogP contribution in [0.15, 0.2) is 36.7 Å². The molecule has 0 aliphatic heterocycles. The number of halogens is 1. The average molecular weight is 293 g/mol. The Morgan fingerprint density at radius 2 is 2.14 bits per heavy atom. The SMILES string of the molecule is COCCC(Nc1cnn(CCO)c1)c1ccc(F)cc1. The minimum atomic E-state index is -0.250.